The van der Waals surface area contributed by atoms with Gasteiger partial charge in [0, 0.05) is 24.0 Å². The molecule has 2 aliphatic heterocycles. The second-order valence-corrected chi connectivity index (χ2v) is 7.32. The lowest BCUT2D eigenvalue weighted by molar-refractivity contribution is 0.211. The van der Waals surface area contributed by atoms with Crippen LogP contribution in [-0.4, -0.2) is 23.4 Å². The minimum Gasteiger partial charge on any atom is -0.326 e. The van der Waals surface area contributed by atoms with Gasteiger partial charge in [-0.05, 0) is 41.8 Å². The number of hydrogen-bond donors (Lipinski definition) is 0. The van der Waals surface area contributed by atoms with Gasteiger partial charge < -0.3 is 4.52 Å². The summed E-state index contributed by atoms with van der Waals surface area (Å²) in [6, 6.07) is 7.94. The molecule has 3 rings (SSSR count). The fraction of sp³-hybridized carbons (Fsp3) is 0.462. The van der Waals surface area contributed by atoms with Gasteiger partial charge in [0.1, 0.15) is 0 Å². The Morgan fingerprint density at radius 3 is 3.11 bits per heavy atom. The predicted molar refractivity (Wildman–Crippen MR) is 77.2 cm³/mol. The predicted octanol–water partition coefficient (Wildman–Crippen LogP) is 4.08. The van der Waals surface area contributed by atoms with E-state index in [9.17, 15) is 0 Å². The van der Waals surface area contributed by atoms with E-state index in [1.807, 2.05) is 6.07 Å². The summed E-state index contributed by atoms with van der Waals surface area (Å²) in [7, 11) is -0.950. The molecule has 0 radical (unpaired) electrons. The molecule has 0 N–H and O–H groups in total. The van der Waals surface area contributed by atoms with Gasteiger partial charge in [-0.15, -0.1) is 0 Å². The van der Waals surface area contributed by atoms with Crippen LogP contribution < -0.4 is 0 Å². The molecular formula is C13H13Cl2N2OP. The van der Waals surface area contributed by atoms with Crippen LogP contribution >= 0.6 is 30.5 Å². The number of benzene rings is 1. The summed E-state index contributed by atoms with van der Waals surface area (Å²) >= 11 is 12.5. The SMILES string of the molecule is N#Cc1ccc(C[C@H]2OP(Cl)N3CCC[C@@H]23)c(Cl)c1. The molecule has 0 aliphatic carbocycles. The molecule has 2 fully saturated rings. The zero-order valence-electron chi connectivity index (χ0n) is 10.2. The van der Waals surface area contributed by atoms with E-state index < -0.39 is 7.65 Å². The van der Waals surface area contributed by atoms with Crippen molar-refractivity contribution in [3.8, 4) is 6.07 Å². The van der Waals surface area contributed by atoms with Crippen LogP contribution in [0.15, 0.2) is 18.2 Å². The van der Waals surface area contributed by atoms with E-state index in [4.69, 9.17) is 32.6 Å². The van der Waals surface area contributed by atoms with Crippen LogP contribution in [-0.2, 0) is 10.9 Å². The standard InChI is InChI=1S/C13H13Cl2N2OP/c14-11-6-9(8-16)3-4-10(11)7-13-12-2-1-5-17(12)19(15)18-13/h3-4,6,12-13H,1-2,5,7H2/t12-,13+,19?/m0/s1. The molecule has 0 aromatic heterocycles. The maximum atomic E-state index is 8.84. The van der Waals surface area contributed by atoms with E-state index in [0.29, 0.717) is 16.6 Å². The summed E-state index contributed by atoms with van der Waals surface area (Å²) in [6.07, 6.45) is 3.22. The quantitative estimate of drug-likeness (QED) is 0.772. The van der Waals surface area contributed by atoms with Gasteiger partial charge in [0.25, 0.3) is 0 Å². The first-order valence-corrected chi connectivity index (χ1v) is 8.76. The monoisotopic (exact) mass is 314 g/mol. The Kier molecular flexibility index (Phi) is 3.98. The molecule has 19 heavy (non-hydrogen) atoms. The number of nitrogens with zero attached hydrogens (tertiary/aromatic N) is 2. The second kappa shape index (κ2) is 5.56. The van der Waals surface area contributed by atoms with Crippen molar-refractivity contribution in [2.75, 3.05) is 6.54 Å². The topological polar surface area (TPSA) is 36.3 Å². The average Bonchev–Trinajstić information content (AvgIpc) is 2.98. The third-order valence-corrected chi connectivity index (χ3v) is 6.25. The van der Waals surface area contributed by atoms with E-state index in [-0.39, 0.29) is 6.10 Å². The smallest absolute Gasteiger partial charge is 0.207 e. The summed E-state index contributed by atoms with van der Waals surface area (Å²) in [5, 5.41) is 9.48. The van der Waals surface area contributed by atoms with Crippen LogP contribution in [0.3, 0.4) is 0 Å². The number of hydrogen-bond acceptors (Lipinski definition) is 3. The van der Waals surface area contributed by atoms with Crippen molar-refractivity contribution in [2.45, 2.75) is 31.4 Å². The van der Waals surface area contributed by atoms with E-state index in [1.165, 1.54) is 6.42 Å². The van der Waals surface area contributed by atoms with Crippen molar-refractivity contribution < 1.29 is 4.52 Å². The molecule has 1 unspecified atom stereocenters. The summed E-state index contributed by atoms with van der Waals surface area (Å²) in [5.74, 6) is 0. The van der Waals surface area contributed by atoms with Crippen molar-refractivity contribution in [3.63, 3.8) is 0 Å². The van der Waals surface area contributed by atoms with Gasteiger partial charge in [0.2, 0.25) is 7.65 Å². The van der Waals surface area contributed by atoms with Crippen LogP contribution in [0.1, 0.15) is 24.0 Å². The maximum Gasteiger partial charge on any atom is 0.207 e. The van der Waals surface area contributed by atoms with Crippen LogP contribution in [0, 0.1) is 11.3 Å². The minimum atomic E-state index is -0.950. The number of rotatable bonds is 2. The highest BCUT2D eigenvalue weighted by molar-refractivity contribution is 7.78. The van der Waals surface area contributed by atoms with Gasteiger partial charge in [-0.1, -0.05) is 17.7 Å². The van der Waals surface area contributed by atoms with Crippen LogP contribution in [0.25, 0.3) is 0 Å². The Balaban J connectivity index is 1.77. The molecule has 6 heteroatoms. The summed E-state index contributed by atoms with van der Waals surface area (Å²) in [6.45, 7) is 1.04. The molecule has 100 valence electrons. The summed E-state index contributed by atoms with van der Waals surface area (Å²) in [5.41, 5.74) is 1.61. The van der Waals surface area contributed by atoms with E-state index in [2.05, 4.69) is 10.7 Å². The Hall–Kier alpha value is -0.360. The van der Waals surface area contributed by atoms with Gasteiger partial charge >= 0.3 is 0 Å². The number of fused-ring (bicyclic) bond motifs is 1. The van der Waals surface area contributed by atoms with Gasteiger partial charge in [0.15, 0.2) is 0 Å². The summed E-state index contributed by atoms with van der Waals surface area (Å²) in [4.78, 5) is 0. The minimum absolute atomic E-state index is 0.122. The first-order valence-electron chi connectivity index (χ1n) is 6.27. The third kappa shape index (κ3) is 2.61. The van der Waals surface area contributed by atoms with Gasteiger partial charge in [-0.2, -0.15) is 5.26 Å². The number of nitriles is 1. The average molecular weight is 315 g/mol. The molecule has 0 amide bonds. The maximum absolute atomic E-state index is 8.84. The molecular weight excluding hydrogens is 302 g/mol. The zero-order chi connectivity index (χ0) is 13.4. The molecule has 2 saturated heterocycles. The van der Waals surface area contributed by atoms with Crippen molar-refractivity contribution in [1.29, 1.82) is 5.26 Å². The normalized spacial score (nSPS) is 30.3. The molecule has 1 aromatic carbocycles. The van der Waals surface area contributed by atoms with Crippen LogP contribution in [0.5, 0.6) is 0 Å². The first kappa shape index (κ1) is 13.6. The van der Waals surface area contributed by atoms with Crippen molar-refractivity contribution in [2.24, 2.45) is 0 Å². The van der Waals surface area contributed by atoms with Crippen molar-refractivity contribution >= 4 is 30.5 Å². The Labute approximate surface area is 123 Å². The molecule has 3 atom stereocenters. The Morgan fingerprint density at radius 1 is 1.53 bits per heavy atom. The molecule has 3 nitrogen and oxygen atoms in total. The van der Waals surface area contributed by atoms with Crippen LogP contribution in [0.4, 0.5) is 0 Å². The highest BCUT2D eigenvalue weighted by atomic mass is 35.7. The largest absolute Gasteiger partial charge is 0.326 e. The molecule has 0 bridgehead atoms. The molecule has 1 aromatic rings. The lowest BCUT2D eigenvalue weighted by atomic mass is 10.00. The van der Waals surface area contributed by atoms with E-state index in [1.54, 1.807) is 12.1 Å². The fourth-order valence-corrected chi connectivity index (χ4v) is 5.25. The highest BCUT2D eigenvalue weighted by Crippen LogP contribution is 2.58. The molecule has 0 spiro atoms. The van der Waals surface area contributed by atoms with Crippen molar-refractivity contribution in [3.05, 3.63) is 34.3 Å². The number of halogens is 2. The lowest BCUT2D eigenvalue weighted by Gasteiger charge is -2.17. The van der Waals surface area contributed by atoms with Crippen molar-refractivity contribution in [1.82, 2.24) is 4.67 Å². The summed E-state index contributed by atoms with van der Waals surface area (Å²) < 4.78 is 8.15. The lowest BCUT2D eigenvalue weighted by Crippen LogP contribution is -2.29. The molecule has 2 heterocycles. The van der Waals surface area contributed by atoms with E-state index >= 15 is 0 Å². The highest BCUT2D eigenvalue weighted by Gasteiger charge is 2.44. The molecule has 0 saturated carbocycles. The fourth-order valence-electron chi connectivity index (χ4n) is 2.77. The second-order valence-electron chi connectivity index (χ2n) is 4.86. The van der Waals surface area contributed by atoms with Gasteiger partial charge in [-0.25, -0.2) is 4.67 Å². The Bertz CT molecular complexity index is 534. The van der Waals surface area contributed by atoms with Crippen LogP contribution in [0.2, 0.25) is 5.02 Å². The van der Waals surface area contributed by atoms with Gasteiger partial charge in [0.05, 0.1) is 17.7 Å². The van der Waals surface area contributed by atoms with Gasteiger partial charge in [-0.3, -0.25) is 0 Å². The van der Waals surface area contributed by atoms with E-state index in [0.717, 1.165) is 24.9 Å². The molecule has 2 aliphatic rings. The Morgan fingerprint density at radius 2 is 2.37 bits per heavy atom. The third-order valence-electron chi connectivity index (χ3n) is 3.73. The first-order chi connectivity index (χ1) is 9.19. The zero-order valence-corrected chi connectivity index (χ0v) is 12.6.